The topological polar surface area (TPSA) is 57.6 Å². The average Bonchev–Trinajstić information content (AvgIpc) is 2.16. The number of hydrogen-bond donors (Lipinski definition) is 1. The first-order chi connectivity index (χ1) is 5.46. The van der Waals surface area contributed by atoms with Gasteiger partial charge in [-0.3, -0.25) is 9.59 Å². The third kappa shape index (κ3) is 1.04. The van der Waals surface area contributed by atoms with E-state index in [0.29, 0.717) is 11.1 Å². The molecule has 0 radical (unpaired) electrons. The molecule has 12 heavy (non-hydrogen) atoms. The monoisotopic (exact) mass is 169 g/mol. The lowest BCUT2D eigenvalue weighted by atomic mass is 10.2. The highest BCUT2D eigenvalue weighted by molar-refractivity contribution is 6.18. The Morgan fingerprint density at radius 3 is 1.67 bits per heavy atom. The number of carbonyl (C=O) groups is 2. The first kappa shape index (κ1) is 8.93. The molecule has 0 aromatic heterocycles. The van der Waals surface area contributed by atoms with Crippen molar-refractivity contribution in [1.82, 2.24) is 4.90 Å². The highest BCUT2D eigenvalue weighted by atomic mass is 16.3. The van der Waals surface area contributed by atoms with Crippen molar-refractivity contribution < 1.29 is 14.7 Å². The van der Waals surface area contributed by atoms with E-state index >= 15 is 0 Å². The minimum Gasteiger partial charge on any atom is -0.373 e. The Kier molecular flexibility index (Phi) is 2.02. The van der Waals surface area contributed by atoms with Gasteiger partial charge in [-0.05, 0) is 20.8 Å². The number of carbonyl (C=O) groups excluding carboxylic acids is 2. The van der Waals surface area contributed by atoms with Crippen LogP contribution >= 0.6 is 0 Å². The van der Waals surface area contributed by atoms with Crippen LogP contribution < -0.4 is 0 Å². The van der Waals surface area contributed by atoms with E-state index in [4.69, 9.17) is 5.11 Å². The van der Waals surface area contributed by atoms with Crippen molar-refractivity contribution in [3.63, 3.8) is 0 Å². The molecule has 4 nitrogen and oxygen atoms in total. The van der Waals surface area contributed by atoms with Crippen LogP contribution in [-0.4, -0.2) is 28.0 Å². The zero-order chi connectivity index (χ0) is 9.46. The summed E-state index contributed by atoms with van der Waals surface area (Å²) >= 11 is 0. The van der Waals surface area contributed by atoms with E-state index in [9.17, 15) is 9.59 Å². The summed E-state index contributed by atoms with van der Waals surface area (Å²) in [5, 5.41) is 9.09. The van der Waals surface area contributed by atoms with Crippen LogP contribution in [0.15, 0.2) is 11.1 Å². The summed E-state index contributed by atoms with van der Waals surface area (Å²) in [6.07, 6.45) is -1.04. The molecular formula is C8H11NO3. The molecule has 1 heterocycles. The second-order valence-corrected chi connectivity index (χ2v) is 2.86. The quantitative estimate of drug-likeness (QED) is 0.563. The second-order valence-electron chi connectivity index (χ2n) is 2.86. The molecular weight excluding hydrogens is 158 g/mol. The van der Waals surface area contributed by atoms with Gasteiger partial charge in [0, 0.05) is 11.1 Å². The fraction of sp³-hybridized carbons (Fsp3) is 0.500. The Hall–Kier alpha value is -1.16. The summed E-state index contributed by atoms with van der Waals surface area (Å²) in [4.78, 5) is 23.4. The smallest absolute Gasteiger partial charge is 0.258 e. The third-order valence-corrected chi connectivity index (χ3v) is 2.02. The van der Waals surface area contributed by atoms with E-state index in [1.807, 2.05) is 0 Å². The summed E-state index contributed by atoms with van der Waals surface area (Å²) in [5.74, 6) is -0.792. The summed E-state index contributed by atoms with van der Waals surface area (Å²) in [5.41, 5.74) is 0.835. The first-order valence-electron chi connectivity index (χ1n) is 3.70. The number of aliphatic hydroxyl groups excluding tert-OH is 1. The predicted octanol–water partition coefficient (Wildman–Crippen LogP) is 0.0299. The molecule has 1 aliphatic heterocycles. The maximum absolute atomic E-state index is 11.3. The minimum absolute atomic E-state index is 0.396. The molecule has 0 saturated carbocycles. The van der Waals surface area contributed by atoms with E-state index in [2.05, 4.69) is 0 Å². The first-order valence-corrected chi connectivity index (χ1v) is 3.70. The van der Waals surface area contributed by atoms with Crippen LogP contribution in [0.3, 0.4) is 0 Å². The fourth-order valence-corrected chi connectivity index (χ4v) is 1.11. The van der Waals surface area contributed by atoms with E-state index < -0.39 is 18.0 Å². The summed E-state index contributed by atoms with van der Waals surface area (Å²) in [7, 11) is 0. The van der Waals surface area contributed by atoms with E-state index in [1.54, 1.807) is 13.8 Å². The lowest BCUT2D eigenvalue weighted by Gasteiger charge is -2.17. The van der Waals surface area contributed by atoms with Crippen LogP contribution in [0, 0.1) is 0 Å². The van der Waals surface area contributed by atoms with Crippen molar-refractivity contribution in [1.29, 1.82) is 0 Å². The van der Waals surface area contributed by atoms with Crippen LogP contribution in [0.4, 0.5) is 0 Å². The second kappa shape index (κ2) is 2.71. The Morgan fingerprint density at radius 2 is 1.50 bits per heavy atom. The van der Waals surface area contributed by atoms with Crippen molar-refractivity contribution in [2.24, 2.45) is 0 Å². The van der Waals surface area contributed by atoms with Crippen molar-refractivity contribution in [2.75, 3.05) is 0 Å². The molecule has 1 aliphatic rings. The molecule has 66 valence electrons. The van der Waals surface area contributed by atoms with Gasteiger partial charge in [-0.25, -0.2) is 4.90 Å². The molecule has 2 amide bonds. The molecule has 1 atom stereocenters. The summed E-state index contributed by atoms with van der Waals surface area (Å²) in [6, 6.07) is 0. The standard InChI is InChI=1S/C8H11NO3/c1-4-5(2)8(12)9(6(3)10)7(4)11/h6,10H,1-3H3. The zero-order valence-electron chi connectivity index (χ0n) is 7.29. The van der Waals surface area contributed by atoms with Crippen LogP contribution in [0.25, 0.3) is 0 Å². The Bertz CT molecular complexity index is 254. The molecule has 0 bridgehead atoms. The normalized spacial score (nSPS) is 20.8. The van der Waals surface area contributed by atoms with Gasteiger partial charge in [-0.1, -0.05) is 0 Å². The average molecular weight is 169 g/mol. The molecule has 0 aromatic rings. The molecule has 0 fully saturated rings. The van der Waals surface area contributed by atoms with Crippen LogP contribution in [-0.2, 0) is 9.59 Å². The Balaban J connectivity index is 3.04. The molecule has 1 rings (SSSR count). The number of imide groups is 1. The van der Waals surface area contributed by atoms with Gasteiger partial charge in [-0.2, -0.15) is 0 Å². The van der Waals surface area contributed by atoms with Crippen molar-refractivity contribution >= 4 is 11.8 Å². The molecule has 4 heteroatoms. The van der Waals surface area contributed by atoms with Crippen molar-refractivity contribution in [3.8, 4) is 0 Å². The summed E-state index contributed by atoms with van der Waals surface area (Å²) in [6.45, 7) is 4.55. The van der Waals surface area contributed by atoms with Gasteiger partial charge in [0.25, 0.3) is 11.8 Å². The van der Waals surface area contributed by atoms with Crippen molar-refractivity contribution in [3.05, 3.63) is 11.1 Å². The molecule has 0 aliphatic carbocycles. The molecule has 1 unspecified atom stereocenters. The van der Waals surface area contributed by atoms with E-state index in [0.717, 1.165) is 4.90 Å². The highest BCUT2D eigenvalue weighted by Gasteiger charge is 2.35. The number of hydrogen-bond acceptors (Lipinski definition) is 3. The molecule has 0 spiro atoms. The van der Waals surface area contributed by atoms with Crippen LogP contribution in [0.2, 0.25) is 0 Å². The number of aliphatic hydroxyl groups is 1. The molecule has 0 aromatic carbocycles. The maximum Gasteiger partial charge on any atom is 0.258 e. The van der Waals surface area contributed by atoms with Gasteiger partial charge in [0.05, 0.1) is 0 Å². The molecule has 1 N–H and O–H groups in total. The fourth-order valence-electron chi connectivity index (χ4n) is 1.11. The zero-order valence-corrected chi connectivity index (χ0v) is 7.29. The number of amides is 2. The predicted molar refractivity (Wildman–Crippen MR) is 41.9 cm³/mol. The van der Waals surface area contributed by atoms with Gasteiger partial charge in [0.15, 0.2) is 0 Å². The maximum atomic E-state index is 11.3. The third-order valence-electron chi connectivity index (χ3n) is 2.02. The van der Waals surface area contributed by atoms with Gasteiger partial charge in [-0.15, -0.1) is 0 Å². The highest BCUT2D eigenvalue weighted by Crippen LogP contribution is 2.20. The minimum atomic E-state index is -1.04. The Morgan fingerprint density at radius 1 is 1.17 bits per heavy atom. The lowest BCUT2D eigenvalue weighted by molar-refractivity contribution is -0.147. The molecule has 0 saturated heterocycles. The van der Waals surface area contributed by atoms with Crippen molar-refractivity contribution in [2.45, 2.75) is 27.0 Å². The van der Waals surface area contributed by atoms with Crippen LogP contribution in [0.5, 0.6) is 0 Å². The van der Waals surface area contributed by atoms with E-state index in [-0.39, 0.29) is 0 Å². The van der Waals surface area contributed by atoms with E-state index in [1.165, 1.54) is 6.92 Å². The SMILES string of the molecule is CC1=C(C)C(=O)N(C(C)O)C1=O. The largest absolute Gasteiger partial charge is 0.373 e. The lowest BCUT2D eigenvalue weighted by Crippen LogP contribution is -2.39. The van der Waals surface area contributed by atoms with Gasteiger partial charge in [0.2, 0.25) is 0 Å². The van der Waals surface area contributed by atoms with Crippen LogP contribution in [0.1, 0.15) is 20.8 Å². The van der Waals surface area contributed by atoms with Gasteiger partial charge in [0.1, 0.15) is 6.23 Å². The number of nitrogens with zero attached hydrogens (tertiary/aromatic N) is 1. The Labute approximate surface area is 70.5 Å². The van der Waals surface area contributed by atoms with Gasteiger partial charge >= 0.3 is 0 Å². The number of rotatable bonds is 1. The van der Waals surface area contributed by atoms with Gasteiger partial charge < -0.3 is 5.11 Å². The summed E-state index contributed by atoms with van der Waals surface area (Å²) < 4.78 is 0.